The third-order valence-electron chi connectivity index (χ3n) is 4.48. The molecule has 0 spiro atoms. The molecule has 3 heterocycles. The summed E-state index contributed by atoms with van der Waals surface area (Å²) in [5.41, 5.74) is 0.146. The van der Waals surface area contributed by atoms with Gasteiger partial charge in [0.25, 0.3) is 11.5 Å². The van der Waals surface area contributed by atoms with E-state index in [4.69, 9.17) is 14.2 Å². The molecule has 3 rings (SSSR count). The van der Waals surface area contributed by atoms with Gasteiger partial charge in [0.2, 0.25) is 0 Å². The van der Waals surface area contributed by atoms with Gasteiger partial charge in [0.15, 0.2) is 5.75 Å². The lowest BCUT2D eigenvalue weighted by Gasteiger charge is -2.32. The number of hydrogen-bond acceptors (Lipinski definition) is 7. The van der Waals surface area contributed by atoms with Crippen LogP contribution in [0, 0.1) is 0 Å². The van der Waals surface area contributed by atoms with Crippen LogP contribution in [0.5, 0.6) is 17.5 Å². The van der Waals surface area contributed by atoms with Crippen molar-refractivity contribution in [2.75, 3.05) is 27.3 Å². The second kappa shape index (κ2) is 8.07. The molecule has 0 unspecified atom stereocenters. The fourth-order valence-corrected chi connectivity index (χ4v) is 2.91. The summed E-state index contributed by atoms with van der Waals surface area (Å²) < 4.78 is 17.4. The van der Waals surface area contributed by atoms with E-state index < -0.39 is 0 Å². The molecule has 2 aromatic rings. The summed E-state index contributed by atoms with van der Waals surface area (Å²) in [5, 5.41) is 0. The third-order valence-corrected chi connectivity index (χ3v) is 4.48. The molecule has 0 aliphatic carbocycles. The van der Waals surface area contributed by atoms with Gasteiger partial charge in [-0.05, 0) is 0 Å². The zero-order chi connectivity index (χ0) is 19.4. The van der Waals surface area contributed by atoms with E-state index in [9.17, 15) is 9.59 Å². The fourth-order valence-electron chi connectivity index (χ4n) is 2.91. The lowest BCUT2D eigenvalue weighted by Crippen LogP contribution is -2.42. The van der Waals surface area contributed by atoms with E-state index in [2.05, 4.69) is 9.97 Å². The summed E-state index contributed by atoms with van der Waals surface area (Å²) in [6.07, 6.45) is 5.87. The number of pyridine rings is 1. The fraction of sp³-hybridized carbons (Fsp3) is 0.444. The highest BCUT2D eigenvalue weighted by molar-refractivity contribution is 5.96. The lowest BCUT2D eigenvalue weighted by molar-refractivity contribution is 0.0574. The molecule has 1 aliphatic heterocycles. The van der Waals surface area contributed by atoms with Crippen LogP contribution in [0.15, 0.2) is 29.5 Å². The molecule has 0 saturated carbocycles. The van der Waals surface area contributed by atoms with E-state index in [0.717, 1.165) is 0 Å². The van der Waals surface area contributed by atoms with Crippen LogP contribution in [0.4, 0.5) is 0 Å². The Kier molecular flexibility index (Phi) is 5.58. The first kappa shape index (κ1) is 18.7. The summed E-state index contributed by atoms with van der Waals surface area (Å²) in [4.78, 5) is 34.5. The lowest BCUT2D eigenvalue weighted by atomic mass is 10.1. The van der Waals surface area contributed by atoms with Crippen LogP contribution in [-0.4, -0.2) is 58.8 Å². The molecular weight excluding hydrogens is 352 g/mol. The number of likely N-dealkylation sites (tertiary alicyclic amines) is 1. The highest BCUT2D eigenvalue weighted by Gasteiger charge is 2.27. The monoisotopic (exact) mass is 374 g/mol. The number of methoxy groups -OCH3 is 2. The van der Waals surface area contributed by atoms with Crippen molar-refractivity contribution in [2.45, 2.75) is 18.9 Å². The number of amides is 1. The Balaban J connectivity index is 1.62. The highest BCUT2D eigenvalue weighted by atomic mass is 16.5. The summed E-state index contributed by atoms with van der Waals surface area (Å²) in [6.45, 7) is 1.07. The van der Waals surface area contributed by atoms with Crippen molar-refractivity contribution in [3.63, 3.8) is 0 Å². The van der Waals surface area contributed by atoms with Gasteiger partial charge in [-0.3, -0.25) is 9.59 Å². The number of nitrogens with zero attached hydrogens (tertiary/aromatic N) is 4. The molecule has 0 atom stereocenters. The van der Waals surface area contributed by atoms with Crippen LogP contribution < -0.4 is 19.8 Å². The predicted octanol–water partition coefficient (Wildman–Crippen LogP) is 0.876. The second-order valence-corrected chi connectivity index (χ2v) is 6.22. The Hall–Kier alpha value is -3.10. The molecule has 0 aromatic carbocycles. The van der Waals surface area contributed by atoms with E-state index in [1.54, 1.807) is 31.5 Å². The van der Waals surface area contributed by atoms with Gasteiger partial charge in [-0.2, -0.15) is 9.97 Å². The van der Waals surface area contributed by atoms with Crippen LogP contribution in [0.25, 0.3) is 0 Å². The summed E-state index contributed by atoms with van der Waals surface area (Å²) >= 11 is 0. The van der Waals surface area contributed by atoms with E-state index in [0.29, 0.717) is 43.3 Å². The minimum Gasteiger partial charge on any atom is -0.496 e. The van der Waals surface area contributed by atoms with E-state index in [-0.39, 0.29) is 23.3 Å². The van der Waals surface area contributed by atoms with E-state index >= 15 is 0 Å². The average Bonchev–Trinajstić information content (AvgIpc) is 2.70. The van der Waals surface area contributed by atoms with Crippen molar-refractivity contribution in [3.05, 3.63) is 40.6 Å². The number of ether oxygens (including phenoxy) is 3. The molecule has 1 fully saturated rings. The summed E-state index contributed by atoms with van der Waals surface area (Å²) in [7, 11) is 4.60. The van der Waals surface area contributed by atoms with Crippen molar-refractivity contribution in [3.8, 4) is 17.5 Å². The van der Waals surface area contributed by atoms with Gasteiger partial charge in [0, 0.05) is 45.2 Å². The average molecular weight is 374 g/mol. The zero-order valence-electron chi connectivity index (χ0n) is 15.5. The first-order valence-corrected chi connectivity index (χ1v) is 8.58. The molecule has 144 valence electrons. The Morgan fingerprint density at radius 2 is 1.81 bits per heavy atom. The van der Waals surface area contributed by atoms with Crippen molar-refractivity contribution < 1.29 is 19.0 Å². The van der Waals surface area contributed by atoms with Gasteiger partial charge >= 0.3 is 6.01 Å². The summed E-state index contributed by atoms with van der Waals surface area (Å²) in [6, 6.07) is 1.62. The molecule has 9 heteroatoms. The predicted molar refractivity (Wildman–Crippen MR) is 96.4 cm³/mol. The van der Waals surface area contributed by atoms with Crippen molar-refractivity contribution in [1.82, 2.24) is 19.4 Å². The van der Waals surface area contributed by atoms with Gasteiger partial charge in [0.05, 0.1) is 32.2 Å². The van der Waals surface area contributed by atoms with Crippen LogP contribution in [0.1, 0.15) is 23.2 Å². The van der Waals surface area contributed by atoms with Gasteiger partial charge in [-0.25, -0.2) is 0 Å². The molecule has 27 heavy (non-hydrogen) atoms. The SMILES string of the molecule is COc1cnc(OC2CCN(C(=O)c3cn(C)c(=O)cc3OC)CC2)nc1. The molecule has 1 amide bonds. The number of aryl methyl sites for hydroxylation is 1. The minimum absolute atomic E-state index is 0.0653. The first-order chi connectivity index (χ1) is 13.0. The number of carbonyl (C=O) groups is 1. The Bertz CT molecular complexity index is 857. The van der Waals surface area contributed by atoms with Crippen molar-refractivity contribution >= 4 is 5.91 Å². The van der Waals surface area contributed by atoms with Crippen LogP contribution in [-0.2, 0) is 7.05 Å². The van der Waals surface area contributed by atoms with Crippen LogP contribution in [0.2, 0.25) is 0 Å². The number of rotatable bonds is 5. The molecule has 1 aliphatic rings. The first-order valence-electron chi connectivity index (χ1n) is 8.58. The zero-order valence-corrected chi connectivity index (χ0v) is 15.5. The standard InChI is InChI=1S/C18H22N4O5/c1-21-11-14(15(26-3)8-16(21)23)17(24)22-6-4-12(5-7-22)27-18-19-9-13(25-2)10-20-18/h8-12H,4-7H2,1-3H3. The van der Waals surface area contributed by atoms with Gasteiger partial charge in [-0.1, -0.05) is 0 Å². The molecule has 9 nitrogen and oxygen atoms in total. The maximum absolute atomic E-state index is 12.8. The maximum Gasteiger partial charge on any atom is 0.316 e. The van der Waals surface area contributed by atoms with Gasteiger partial charge in [-0.15, -0.1) is 0 Å². The Morgan fingerprint density at radius 3 is 2.41 bits per heavy atom. The second-order valence-electron chi connectivity index (χ2n) is 6.22. The molecule has 0 bridgehead atoms. The van der Waals surface area contributed by atoms with Crippen LogP contribution in [0.3, 0.4) is 0 Å². The maximum atomic E-state index is 12.8. The minimum atomic E-state index is -0.227. The van der Waals surface area contributed by atoms with Gasteiger partial charge in [0.1, 0.15) is 11.9 Å². The Labute approximate surface area is 156 Å². The largest absolute Gasteiger partial charge is 0.496 e. The quantitative estimate of drug-likeness (QED) is 0.766. The van der Waals surface area contributed by atoms with E-state index in [1.807, 2.05) is 0 Å². The van der Waals surface area contributed by atoms with Crippen molar-refractivity contribution in [1.29, 1.82) is 0 Å². The normalized spacial score (nSPS) is 14.7. The summed E-state index contributed by atoms with van der Waals surface area (Å²) in [5.74, 6) is 0.684. The Morgan fingerprint density at radius 1 is 1.15 bits per heavy atom. The third kappa shape index (κ3) is 4.18. The number of piperidine rings is 1. The molecular formula is C18H22N4O5. The number of aromatic nitrogens is 3. The molecule has 0 radical (unpaired) electrons. The molecule has 0 N–H and O–H groups in total. The smallest absolute Gasteiger partial charge is 0.316 e. The number of carbonyl (C=O) groups excluding carboxylic acids is 1. The number of hydrogen-bond donors (Lipinski definition) is 0. The molecule has 2 aromatic heterocycles. The van der Waals surface area contributed by atoms with E-state index in [1.165, 1.54) is 23.9 Å². The van der Waals surface area contributed by atoms with Gasteiger partial charge < -0.3 is 23.7 Å². The van der Waals surface area contributed by atoms with Crippen LogP contribution >= 0.6 is 0 Å². The van der Waals surface area contributed by atoms with Crippen molar-refractivity contribution in [2.24, 2.45) is 7.05 Å². The molecule has 1 saturated heterocycles. The topological polar surface area (TPSA) is 95.8 Å². The highest BCUT2D eigenvalue weighted by Crippen LogP contribution is 2.22.